The third-order valence-electron chi connectivity index (χ3n) is 5.59. The Morgan fingerprint density at radius 3 is 2.31 bits per heavy atom. The molecule has 0 aliphatic heterocycles. The van der Waals surface area contributed by atoms with Crippen molar-refractivity contribution in [2.45, 2.75) is 20.3 Å². The van der Waals surface area contributed by atoms with Crippen LogP contribution in [0.5, 0.6) is 5.75 Å². The van der Waals surface area contributed by atoms with Gasteiger partial charge in [-0.15, -0.1) is 11.3 Å². The molecule has 36 heavy (non-hydrogen) atoms. The minimum absolute atomic E-state index is 0.204. The molecule has 0 unspecified atom stereocenters. The molecule has 3 aromatic carbocycles. The highest BCUT2D eigenvalue weighted by Crippen LogP contribution is 2.36. The number of hydrogen-bond donors (Lipinski definition) is 1. The van der Waals surface area contributed by atoms with E-state index in [1.165, 1.54) is 16.9 Å². The molecule has 0 atom stereocenters. The molecule has 0 saturated heterocycles. The molecular weight excluding hydrogens is 538 g/mol. The van der Waals surface area contributed by atoms with Gasteiger partial charge in [0.05, 0.1) is 11.1 Å². The van der Waals surface area contributed by atoms with Crippen LogP contribution in [-0.2, 0) is 16.0 Å². The molecule has 1 aromatic heterocycles. The maximum atomic E-state index is 12.8. The standard InChI is InChI=1S/C29H26BrNO4S/c1-3-19-10-12-21(13-11-19)23-18-36-28(27(23)29(33)34-4-2)31-26(32)17-35-25-15-14-22(16-24(25)30)20-8-6-5-7-9-20/h5-16,18H,3-4,17H2,1-2H3,(H,31,32). The summed E-state index contributed by atoms with van der Waals surface area (Å²) in [5.41, 5.74) is 5.32. The topological polar surface area (TPSA) is 64.6 Å². The third kappa shape index (κ3) is 6.04. The van der Waals surface area contributed by atoms with Gasteiger partial charge in [0.15, 0.2) is 6.61 Å². The fraction of sp³-hybridized carbons (Fsp3) is 0.172. The number of carbonyl (C=O) groups is 2. The van der Waals surface area contributed by atoms with E-state index in [0.717, 1.165) is 33.1 Å². The van der Waals surface area contributed by atoms with Crippen molar-refractivity contribution in [3.63, 3.8) is 0 Å². The number of benzene rings is 3. The van der Waals surface area contributed by atoms with Crippen LogP contribution in [-0.4, -0.2) is 25.1 Å². The van der Waals surface area contributed by atoms with Gasteiger partial charge in [0, 0.05) is 10.9 Å². The van der Waals surface area contributed by atoms with Gasteiger partial charge >= 0.3 is 5.97 Å². The van der Waals surface area contributed by atoms with Gasteiger partial charge in [-0.05, 0) is 63.7 Å². The van der Waals surface area contributed by atoms with E-state index in [1.807, 2.05) is 78.2 Å². The van der Waals surface area contributed by atoms with E-state index in [4.69, 9.17) is 9.47 Å². The summed E-state index contributed by atoms with van der Waals surface area (Å²) in [6.07, 6.45) is 0.932. The summed E-state index contributed by atoms with van der Waals surface area (Å²) in [4.78, 5) is 25.5. The Morgan fingerprint density at radius 2 is 1.64 bits per heavy atom. The molecule has 0 fully saturated rings. The third-order valence-corrected chi connectivity index (χ3v) is 7.11. The van der Waals surface area contributed by atoms with E-state index in [9.17, 15) is 9.59 Å². The van der Waals surface area contributed by atoms with Crippen molar-refractivity contribution in [2.75, 3.05) is 18.5 Å². The molecule has 5 nitrogen and oxygen atoms in total. The first-order chi connectivity index (χ1) is 17.5. The number of thiophene rings is 1. The van der Waals surface area contributed by atoms with E-state index < -0.39 is 5.97 Å². The highest BCUT2D eigenvalue weighted by molar-refractivity contribution is 9.10. The van der Waals surface area contributed by atoms with Gasteiger partial charge in [0.25, 0.3) is 5.91 Å². The molecule has 1 heterocycles. The van der Waals surface area contributed by atoms with E-state index in [1.54, 1.807) is 6.92 Å². The zero-order chi connectivity index (χ0) is 25.5. The second-order valence-corrected chi connectivity index (χ2v) is 9.71. The predicted octanol–water partition coefficient (Wildman–Crippen LogP) is 7.60. The van der Waals surface area contributed by atoms with Gasteiger partial charge < -0.3 is 14.8 Å². The summed E-state index contributed by atoms with van der Waals surface area (Å²) in [6, 6.07) is 23.8. The van der Waals surface area contributed by atoms with E-state index in [-0.39, 0.29) is 19.1 Å². The number of ether oxygens (including phenoxy) is 2. The summed E-state index contributed by atoms with van der Waals surface area (Å²) in [6.45, 7) is 3.89. The molecule has 1 amide bonds. The Labute approximate surface area is 223 Å². The first kappa shape index (κ1) is 25.7. The van der Waals surface area contributed by atoms with E-state index in [2.05, 4.69) is 28.2 Å². The number of rotatable bonds is 9. The summed E-state index contributed by atoms with van der Waals surface area (Å²) in [7, 11) is 0. The normalized spacial score (nSPS) is 10.6. The first-order valence-corrected chi connectivity index (χ1v) is 13.3. The Balaban J connectivity index is 1.48. The van der Waals surface area contributed by atoms with Gasteiger partial charge in [-0.2, -0.15) is 0 Å². The van der Waals surface area contributed by atoms with E-state index >= 15 is 0 Å². The summed E-state index contributed by atoms with van der Waals surface area (Å²) in [5, 5.41) is 5.13. The first-order valence-electron chi connectivity index (χ1n) is 11.7. The molecule has 4 aromatic rings. The average Bonchev–Trinajstić information content (AvgIpc) is 3.32. The van der Waals surface area contributed by atoms with Gasteiger partial charge in [-0.25, -0.2) is 4.79 Å². The molecule has 4 rings (SSSR count). The highest BCUT2D eigenvalue weighted by Gasteiger charge is 2.23. The molecule has 0 aliphatic rings. The van der Waals surface area contributed by atoms with Crippen molar-refractivity contribution in [3.8, 4) is 28.0 Å². The van der Waals surface area contributed by atoms with Crippen LogP contribution in [0.15, 0.2) is 82.6 Å². The van der Waals surface area contributed by atoms with Crippen LogP contribution >= 0.6 is 27.3 Å². The maximum Gasteiger partial charge on any atom is 0.341 e. The van der Waals surface area contributed by atoms with Gasteiger partial charge in [-0.1, -0.05) is 67.6 Å². The minimum Gasteiger partial charge on any atom is -0.483 e. The minimum atomic E-state index is -0.469. The molecule has 1 N–H and O–H groups in total. The molecule has 0 bridgehead atoms. The lowest BCUT2D eigenvalue weighted by Gasteiger charge is -2.11. The zero-order valence-corrected chi connectivity index (χ0v) is 22.4. The fourth-order valence-electron chi connectivity index (χ4n) is 3.72. The largest absolute Gasteiger partial charge is 0.483 e. The number of halogens is 1. The van der Waals surface area contributed by atoms with Crippen molar-refractivity contribution in [3.05, 3.63) is 93.8 Å². The number of anilines is 1. The van der Waals surface area contributed by atoms with Crippen LogP contribution in [0.25, 0.3) is 22.3 Å². The molecule has 0 saturated carbocycles. The van der Waals surface area contributed by atoms with Crippen LogP contribution in [0.2, 0.25) is 0 Å². The van der Waals surface area contributed by atoms with Crippen LogP contribution in [0.4, 0.5) is 5.00 Å². The van der Waals surface area contributed by atoms with Crippen molar-refractivity contribution in [1.82, 2.24) is 0 Å². The van der Waals surface area contributed by atoms with Gasteiger partial charge in [-0.3, -0.25) is 4.79 Å². The number of hydrogen-bond acceptors (Lipinski definition) is 5. The molecular formula is C29H26BrNO4S. The molecule has 0 radical (unpaired) electrons. The quantitative estimate of drug-likeness (QED) is 0.213. The van der Waals surface area contributed by atoms with Gasteiger partial charge in [0.2, 0.25) is 0 Å². The van der Waals surface area contributed by atoms with Crippen LogP contribution in [0, 0.1) is 0 Å². The van der Waals surface area contributed by atoms with Crippen LogP contribution in [0.1, 0.15) is 29.8 Å². The van der Waals surface area contributed by atoms with Crippen molar-refractivity contribution in [1.29, 1.82) is 0 Å². The Hall–Kier alpha value is -3.42. The summed E-state index contributed by atoms with van der Waals surface area (Å²) >= 11 is 4.82. The number of amides is 1. The lowest BCUT2D eigenvalue weighted by atomic mass is 10.0. The molecule has 0 aliphatic carbocycles. The van der Waals surface area contributed by atoms with Crippen molar-refractivity contribution < 1.29 is 19.1 Å². The number of carbonyl (C=O) groups excluding carboxylic acids is 2. The number of aryl methyl sites for hydroxylation is 1. The fourth-order valence-corrected chi connectivity index (χ4v) is 5.19. The SMILES string of the molecule is CCOC(=O)c1c(-c2ccc(CC)cc2)csc1NC(=O)COc1ccc(-c2ccccc2)cc1Br. The zero-order valence-electron chi connectivity index (χ0n) is 20.0. The lowest BCUT2D eigenvalue weighted by molar-refractivity contribution is -0.118. The highest BCUT2D eigenvalue weighted by atomic mass is 79.9. The Bertz CT molecular complexity index is 1350. The van der Waals surface area contributed by atoms with Crippen LogP contribution in [0.3, 0.4) is 0 Å². The Morgan fingerprint density at radius 1 is 0.917 bits per heavy atom. The number of nitrogens with one attached hydrogen (secondary N) is 1. The van der Waals surface area contributed by atoms with Gasteiger partial charge in [0.1, 0.15) is 16.3 Å². The lowest BCUT2D eigenvalue weighted by Crippen LogP contribution is -2.21. The average molecular weight is 565 g/mol. The predicted molar refractivity (Wildman–Crippen MR) is 149 cm³/mol. The monoisotopic (exact) mass is 563 g/mol. The summed E-state index contributed by atoms with van der Waals surface area (Å²) < 4.78 is 11.8. The smallest absolute Gasteiger partial charge is 0.341 e. The van der Waals surface area contributed by atoms with Crippen molar-refractivity contribution in [2.24, 2.45) is 0 Å². The molecule has 0 spiro atoms. The number of esters is 1. The molecule has 7 heteroatoms. The molecule has 184 valence electrons. The van der Waals surface area contributed by atoms with Crippen molar-refractivity contribution >= 4 is 44.1 Å². The second-order valence-electron chi connectivity index (χ2n) is 7.97. The Kier molecular flexibility index (Phi) is 8.57. The van der Waals surface area contributed by atoms with Crippen LogP contribution < -0.4 is 10.1 Å². The summed E-state index contributed by atoms with van der Waals surface area (Å²) in [5.74, 6) is -0.281. The van der Waals surface area contributed by atoms with E-state index in [0.29, 0.717) is 16.3 Å². The second kappa shape index (κ2) is 12.0. The maximum absolute atomic E-state index is 12.8.